The van der Waals surface area contributed by atoms with Crippen LogP contribution in [0.15, 0.2) is 79.0 Å². The van der Waals surface area contributed by atoms with E-state index in [0.29, 0.717) is 36.1 Å². The van der Waals surface area contributed by atoms with E-state index in [9.17, 15) is 44.7 Å². The second-order valence-corrected chi connectivity index (χ2v) is 11.2. The summed E-state index contributed by atoms with van der Waals surface area (Å²) >= 11 is 6.01. The number of nitrogens with zero attached hydrogens (tertiary/aromatic N) is 1. The first-order chi connectivity index (χ1) is 22.9. The maximum atomic E-state index is 15.1. The lowest BCUT2D eigenvalue weighted by atomic mass is 9.79. The molecule has 0 fully saturated rings. The van der Waals surface area contributed by atoms with Gasteiger partial charge in [-0.15, -0.1) is 0 Å². The Kier molecular flexibility index (Phi) is 11.2. The van der Waals surface area contributed by atoms with Crippen molar-refractivity contribution in [2.45, 2.75) is 49.9 Å². The number of rotatable bonds is 13. The largest absolute Gasteiger partial charge is 0.481 e. The lowest BCUT2D eigenvalue weighted by Crippen LogP contribution is -2.49. The minimum atomic E-state index is -5.20. The Labute approximate surface area is 277 Å². The molecule has 1 aromatic heterocycles. The van der Waals surface area contributed by atoms with Crippen LogP contribution in [0.2, 0.25) is 5.02 Å². The van der Waals surface area contributed by atoms with Gasteiger partial charge < -0.3 is 15.2 Å². The third kappa shape index (κ3) is 9.22. The summed E-state index contributed by atoms with van der Waals surface area (Å²) < 4.78 is 128. The van der Waals surface area contributed by atoms with Crippen molar-refractivity contribution in [2.24, 2.45) is 0 Å². The van der Waals surface area contributed by atoms with E-state index in [2.05, 4.69) is 15.0 Å². The molecule has 0 spiro atoms. The number of halogens is 10. The summed E-state index contributed by atoms with van der Waals surface area (Å²) in [6.45, 7) is 0. The van der Waals surface area contributed by atoms with E-state index in [1.165, 1.54) is 24.3 Å². The Bertz CT molecular complexity index is 1800. The molecule has 1 atom stereocenters. The molecule has 4 aromatic rings. The Morgan fingerprint density at radius 1 is 0.898 bits per heavy atom. The minimum Gasteiger partial charge on any atom is -0.481 e. The van der Waals surface area contributed by atoms with Crippen molar-refractivity contribution < 1.29 is 58.9 Å². The number of alkyl halides is 7. The summed E-state index contributed by atoms with van der Waals surface area (Å²) in [6, 6.07) is 12.1. The third-order valence-electron chi connectivity index (χ3n) is 7.25. The van der Waals surface area contributed by atoms with Gasteiger partial charge in [0.05, 0.1) is 16.3 Å². The molecule has 2 N–H and O–H groups in total. The molecule has 6 nitrogen and oxygen atoms in total. The lowest BCUT2D eigenvalue weighted by Gasteiger charge is -2.36. The highest BCUT2D eigenvalue weighted by Crippen LogP contribution is 2.38. The number of hydrogen-bond donors (Lipinski definition) is 2. The molecule has 1 heterocycles. The second kappa shape index (κ2) is 14.8. The summed E-state index contributed by atoms with van der Waals surface area (Å²) in [5.74, 6) is -6.34. The first-order valence-corrected chi connectivity index (χ1v) is 14.5. The zero-order chi connectivity index (χ0) is 36.1. The number of carboxylic acids is 1. The molecule has 3 aromatic carbocycles. The lowest BCUT2D eigenvalue weighted by molar-refractivity contribution is -0.253. The molecular weight excluding hydrogens is 695 g/mol. The SMILES string of the molecule is O=C(O)CCCc1ccc(CC(NC(=O)c2ccc(F)c(C(F)(F)F)c2)(c2cc(F)cc(OC(F)(F)C(F)F)c2)c2ccc(Cl)cn2)cc1. The molecule has 1 amide bonds. The fraction of sp³-hybridized carbons (Fsp3) is 0.242. The molecule has 0 aliphatic carbocycles. The molecule has 0 radical (unpaired) electrons. The van der Waals surface area contributed by atoms with E-state index in [1.54, 1.807) is 12.1 Å². The molecule has 0 saturated heterocycles. The number of hydrogen-bond acceptors (Lipinski definition) is 4. The van der Waals surface area contributed by atoms with Crippen molar-refractivity contribution in [1.82, 2.24) is 10.3 Å². The van der Waals surface area contributed by atoms with Gasteiger partial charge in [0.25, 0.3) is 5.91 Å². The zero-order valence-electron chi connectivity index (χ0n) is 24.8. The van der Waals surface area contributed by atoms with Crippen molar-refractivity contribution >= 4 is 23.5 Å². The van der Waals surface area contributed by atoms with Crippen LogP contribution in [0.5, 0.6) is 5.75 Å². The van der Waals surface area contributed by atoms with Crippen molar-refractivity contribution in [3.63, 3.8) is 0 Å². The van der Waals surface area contributed by atoms with Gasteiger partial charge in [-0.05, 0) is 72.0 Å². The maximum absolute atomic E-state index is 15.1. The summed E-state index contributed by atoms with van der Waals surface area (Å²) in [7, 11) is 0. The molecule has 0 aliphatic rings. The smallest absolute Gasteiger partial charge is 0.461 e. The van der Waals surface area contributed by atoms with Crippen LogP contribution in [0.4, 0.5) is 39.5 Å². The van der Waals surface area contributed by atoms with Gasteiger partial charge in [-0.2, -0.15) is 30.7 Å². The van der Waals surface area contributed by atoms with Gasteiger partial charge in [0, 0.05) is 30.7 Å². The van der Waals surface area contributed by atoms with Crippen LogP contribution in [0.3, 0.4) is 0 Å². The first kappa shape index (κ1) is 37.0. The Hall–Kier alpha value is -4.79. The number of aromatic nitrogens is 1. The molecule has 16 heteroatoms. The van der Waals surface area contributed by atoms with E-state index < -0.39 is 76.6 Å². The first-order valence-electron chi connectivity index (χ1n) is 14.2. The van der Waals surface area contributed by atoms with E-state index >= 15 is 4.39 Å². The van der Waals surface area contributed by atoms with Gasteiger partial charge in [0.15, 0.2) is 0 Å². The van der Waals surface area contributed by atoms with Crippen LogP contribution in [0.1, 0.15) is 51.1 Å². The zero-order valence-corrected chi connectivity index (χ0v) is 25.6. The van der Waals surface area contributed by atoms with Gasteiger partial charge in [-0.25, -0.2) is 8.78 Å². The van der Waals surface area contributed by atoms with Crippen LogP contribution in [-0.2, 0) is 29.4 Å². The van der Waals surface area contributed by atoms with E-state index in [1.807, 2.05) is 0 Å². The monoisotopic (exact) mass is 718 g/mol. The molecule has 49 heavy (non-hydrogen) atoms. The van der Waals surface area contributed by atoms with E-state index in [0.717, 1.165) is 24.4 Å². The molecular formula is C33H24ClF9N2O4. The normalized spacial score (nSPS) is 13.2. The number of pyridine rings is 1. The molecule has 4 rings (SSSR count). The predicted molar refractivity (Wildman–Crippen MR) is 158 cm³/mol. The number of aliphatic carboxylic acids is 1. The highest BCUT2D eigenvalue weighted by Gasteiger charge is 2.45. The van der Waals surface area contributed by atoms with Gasteiger partial charge in [0.2, 0.25) is 0 Å². The summed E-state index contributed by atoms with van der Waals surface area (Å²) in [6.07, 6.45) is -13.3. The summed E-state index contributed by atoms with van der Waals surface area (Å²) in [5, 5.41) is 11.5. The number of carboxylic acid groups (broad SMARTS) is 1. The van der Waals surface area contributed by atoms with Crippen LogP contribution in [-0.4, -0.2) is 34.5 Å². The van der Waals surface area contributed by atoms with Crippen LogP contribution in [0, 0.1) is 11.6 Å². The molecule has 1 unspecified atom stereocenters. The van der Waals surface area contributed by atoms with E-state index in [4.69, 9.17) is 16.7 Å². The Balaban J connectivity index is 1.91. The number of ether oxygens (including phenoxy) is 1. The van der Waals surface area contributed by atoms with Gasteiger partial charge in [-0.1, -0.05) is 35.9 Å². The number of amides is 1. The quantitative estimate of drug-likeness (QED) is 0.135. The fourth-order valence-corrected chi connectivity index (χ4v) is 5.05. The van der Waals surface area contributed by atoms with Gasteiger partial charge >= 0.3 is 24.7 Å². The Morgan fingerprint density at radius 2 is 1.57 bits per heavy atom. The molecule has 260 valence electrons. The predicted octanol–water partition coefficient (Wildman–Crippen LogP) is 8.59. The highest BCUT2D eigenvalue weighted by atomic mass is 35.5. The minimum absolute atomic E-state index is 0.0721. The topological polar surface area (TPSA) is 88.5 Å². The highest BCUT2D eigenvalue weighted by molar-refractivity contribution is 6.30. The van der Waals surface area contributed by atoms with Crippen LogP contribution >= 0.6 is 11.6 Å². The third-order valence-corrected chi connectivity index (χ3v) is 7.47. The summed E-state index contributed by atoms with van der Waals surface area (Å²) in [4.78, 5) is 28.8. The number of carbonyl (C=O) groups excluding carboxylic acids is 1. The number of aryl methyl sites for hydroxylation is 1. The standard InChI is InChI=1S/C33H24ClF9N2O4/c34-22-9-11-27(44-17-22)31(16-19-6-4-18(5-7-19)2-1-3-28(46)47,21-13-23(35)15-24(14-21)49-33(42,43)30(37)38)45-29(48)20-8-10-26(36)25(12-20)32(39,40)41/h4-15,17,30H,1-3,16H2,(H,45,48)(H,46,47). The van der Waals surface area contributed by atoms with Crippen molar-refractivity contribution in [3.05, 3.63) is 129 Å². The second-order valence-electron chi connectivity index (χ2n) is 10.8. The average molecular weight is 719 g/mol. The fourth-order valence-electron chi connectivity index (χ4n) is 4.94. The number of carbonyl (C=O) groups is 2. The van der Waals surface area contributed by atoms with Crippen molar-refractivity contribution in [1.29, 1.82) is 0 Å². The maximum Gasteiger partial charge on any atom is 0.461 e. The summed E-state index contributed by atoms with van der Waals surface area (Å²) in [5.41, 5.74) is -4.18. The van der Waals surface area contributed by atoms with Crippen molar-refractivity contribution in [3.8, 4) is 5.75 Å². The van der Waals surface area contributed by atoms with Gasteiger partial charge in [0.1, 0.15) is 22.9 Å². The molecule has 0 aliphatic heterocycles. The van der Waals surface area contributed by atoms with Crippen LogP contribution < -0.4 is 10.1 Å². The van der Waals surface area contributed by atoms with Crippen LogP contribution in [0.25, 0.3) is 0 Å². The van der Waals surface area contributed by atoms with Crippen molar-refractivity contribution in [2.75, 3.05) is 0 Å². The molecule has 0 saturated carbocycles. The van der Waals surface area contributed by atoms with Gasteiger partial charge in [-0.3, -0.25) is 14.6 Å². The molecule has 0 bridgehead atoms. The average Bonchev–Trinajstić information content (AvgIpc) is 3.00. The number of nitrogens with one attached hydrogen (secondary N) is 1. The Morgan fingerprint density at radius 3 is 2.16 bits per heavy atom. The number of benzene rings is 3. The van der Waals surface area contributed by atoms with E-state index in [-0.39, 0.29) is 23.2 Å².